The molecular formula is C19H23NO4. The van der Waals surface area contributed by atoms with Crippen molar-refractivity contribution < 1.29 is 18.7 Å². The number of methoxy groups -OCH3 is 1. The SMILES string of the molecule is CCOc1cc(/C=C/C(=O)NC(C)c2ccc(C)o2)ccc1OC. The second-order valence-electron chi connectivity index (χ2n) is 5.36. The van der Waals surface area contributed by atoms with Crippen molar-refractivity contribution in [2.24, 2.45) is 0 Å². The Morgan fingerprint density at radius 1 is 1.29 bits per heavy atom. The van der Waals surface area contributed by atoms with E-state index in [2.05, 4.69) is 5.32 Å². The van der Waals surface area contributed by atoms with Crippen LogP contribution in [-0.2, 0) is 4.79 Å². The van der Waals surface area contributed by atoms with Crippen molar-refractivity contribution >= 4 is 12.0 Å². The van der Waals surface area contributed by atoms with E-state index in [1.54, 1.807) is 13.2 Å². The summed E-state index contributed by atoms with van der Waals surface area (Å²) in [6, 6.07) is 9.07. The Balaban J connectivity index is 2.01. The van der Waals surface area contributed by atoms with Crippen LogP contribution in [0.1, 0.15) is 37.0 Å². The topological polar surface area (TPSA) is 60.7 Å². The maximum atomic E-state index is 12.0. The van der Waals surface area contributed by atoms with Gasteiger partial charge >= 0.3 is 0 Å². The summed E-state index contributed by atoms with van der Waals surface area (Å²) in [5, 5.41) is 2.87. The number of carbonyl (C=O) groups is 1. The Bertz CT molecular complexity index is 718. The number of aryl methyl sites for hydroxylation is 1. The summed E-state index contributed by atoms with van der Waals surface area (Å²) in [7, 11) is 1.60. The average Bonchev–Trinajstić information content (AvgIpc) is 3.00. The first-order valence-corrected chi connectivity index (χ1v) is 7.89. The molecule has 1 heterocycles. The van der Waals surface area contributed by atoms with Crippen LogP contribution in [0.15, 0.2) is 40.8 Å². The van der Waals surface area contributed by atoms with Crippen LogP contribution in [0.2, 0.25) is 0 Å². The molecule has 1 unspecified atom stereocenters. The third kappa shape index (κ3) is 4.65. The third-order valence-electron chi connectivity index (χ3n) is 3.46. The van der Waals surface area contributed by atoms with Gasteiger partial charge in [-0.1, -0.05) is 6.07 Å². The molecule has 0 spiro atoms. The van der Waals surface area contributed by atoms with Crippen LogP contribution < -0.4 is 14.8 Å². The van der Waals surface area contributed by atoms with Crippen LogP contribution >= 0.6 is 0 Å². The highest BCUT2D eigenvalue weighted by Crippen LogP contribution is 2.28. The highest BCUT2D eigenvalue weighted by molar-refractivity contribution is 5.92. The van der Waals surface area contributed by atoms with E-state index in [0.29, 0.717) is 18.1 Å². The van der Waals surface area contributed by atoms with Crippen molar-refractivity contribution in [2.45, 2.75) is 26.8 Å². The highest BCUT2D eigenvalue weighted by atomic mass is 16.5. The summed E-state index contributed by atoms with van der Waals surface area (Å²) in [6.07, 6.45) is 3.22. The lowest BCUT2D eigenvalue weighted by Gasteiger charge is -2.10. The molecule has 0 bridgehead atoms. The molecule has 2 aromatic rings. The minimum Gasteiger partial charge on any atom is -0.493 e. The molecule has 128 valence electrons. The highest BCUT2D eigenvalue weighted by Gasteiger charge is 2.11. The summed E-state index contributed by atoms with van der Waals surface area (Å²) < 4.78 is 16.3. The molecule has 2 rings (SSSR count). The van der Waals surface area contributed by atoms with Gasteiger partial charge in [0.2, 0.25) is 5.91 Å². The minimum atomic E-state index is -0.190. The van der Waals surface area contributed by atoms with E-state index in [4.69, 9.17) is 13.9 Å². The van der Waals surface area contributed by atoms with Crippen LogP contribution in [-0.4, -0.2) is 19.6 Å². The molecule has 0 radical (unpaired) electrons. The molecule has 0 saturated carbocycles. The number of ether oxygens (including phenoxy) is 2. The Labute approximate surface area is 142 Å². The molecule has 5 nitrogen and oxygen atoms in total. The lowest BCUT2D eigenvalue weighted by atomic mass is 10.2. The molecule has 1 aromatic heterocycles. The lowest BCUT2D eigenvalue weighted by molar-refractivity contribution is -0.117. The van der Waals surface area contributed by atoms with Gasteiger partial charge in [-0.3, -0.25) is 4.79 Å². The van der Waals surface area contributed by atoms with Gasteiger partial charge in [-0.2, -0.15) is 0 Å². The molecule has 5 heteroatoms. The molecule has 0 aliphatic carbocycles. The van der Waals surface area contributed by atoms with Crippen molar-refractivity contribution in [3.8, 4) is 11.5 Å². The van der Waals surface area contributed by atoms with E-state index < -0.39 is 0 Å². The Morgan fingerprint density at radius 3 is 2.71 bits per heavy atom. The van der Waals surface area contributed by atoms with Crippen molar-refractivity contribution in [1.82, 2.24) is 5.32 Å². The number of rotatable bonds is 7. The first-order chi connectivity index (χ1) is 11.5. The first kappa shape index (κ1) is 17.7. The number of hydrogen-bond acceptors (Lipinski definition) is 4. The molecule has 1 N–H and O–H groups in total. The maximum absolute atomic E-state index is 12.0. The number of furan rings is 1. The smallest absolute Gasteiger partial charge is 0.244 e. The van der Waals surface area contributed by atoms with Crippen LogP contribution in [0.5, 0.6) is 11.5 Å². The summed E-state index contributed by atoms with van der Waals surface area (Å²) >= 11 is 0. The number of hydrogen-bond donors (Lipinski definition) is 1. The van der Waals surface area contributed by atoms with Crippen molar-refractivity contribution in [3.05, 3.63) is 53.5 Å². The monoisotopic (exact) mass is 329 g/mol. The van der Waals surface area contributed by atoms with E-state index in [1.165, 1.54) is 6.08 Å². The van der Waals surface area contributed by atoms with Gasteiger partial charge < -0.3 is 19.2 Å². The number of amides is 1. The van der Waals surface area contributed by atoms with Gasteiger partial charge in [0.15, 0.2) is 11.5 Å². The van der Waals surface area contributed by atoms with Gasteiger partial charge in [-0.25, -0.2) is 0 Å². The third-order valence-corrected chi connectivity index (χ3v) is 3.46. The van der Waals surface area contributed by atoms with E-state index >= 15 is 0 Å². The molecular weight excluding hydrogens is 306 g/mol. The van der Waals surface area contributed by atoms with Crippen molar-refractivity contribution in [3.63, 3.8) is 0 Å². The fraction of sp³-hybridized carbons (Fsp3) is 0.316. The minimum absolute atomic E-state index is 0.189. The van der Waals surface area contributed by atoms with Crippen LogP contribution in [0.3, 0.4) is 0 Å². The zero-order chi connectivity index (χ0) is 17.5. The predicted molar refractivity (Wildman–Crippen MR) is 93.2 cm³/mol. The van der Waals surface area contributed by atoms with Crippen LogP contribution in [0.25, 0.3) is 6.08 Å². The zero-order valence-corrected chi connectivity index (χ0v) is 14.5. The standard InChI is InChI=1S/C19H23NO4/c1-5-23-18-12-15(7-10-17(18)22-4)8-11-19(21)20-14(3)16-9-6-13(2)24-16/h6-12,14H,5H2,1-4H3,(H,20,21)/b11-8+. The lowest BCUT2D eigenvalue weighted by Crippen LogP contribution is -2.24. The van der Waals surface area contributed by atoms with Gasteiger partial charge in [0.05, 0.1) is 19.8 Å². The summed E-state index contributed by atoms with van der Waals surface area (Å²) in [5.74, 6) is 2.69. The first-order valence-electron chi connectivity index (χ1n) is 7.89. The molecule has 24 heavy (non-hydrogen) atoms. The molecule has 1 amide bonds. The molecule has 0 fully saturated rings. The van der Waals surface area contributed by atoms with E-state index in [0.717, 1.165) is 17.1 Å². The van der Waals surface area contributed by atoms with Crippen LogP contribution in [0, 0.1) is 6.92 Å². The average molecular weight is 329 g/mol. The van der Waals surface area contributed by atoms with Gasteiger partial charge in [-0.05, 0) is 56.7 Å². The van der Waals surface area contributed by atoms with E-state index in [9.17, 15) is 4.79 Å². The van der Waals surface area contributed by atoms with E-state index in [-0.39, 0.29) is 11.9 Å². The second kappa shape index (κ2) is 8.24. The molecule has 0 aliphatic heterocycles. The van der Waals surface area contributed by atoms with Gasteiger partial charge in [-0.15, -0.1) is 0 Å². The van der Waals surface area contributed by atoms with Crippen molar-refractivity contribution in [2.75, 3.05) is 13.7 Å². The Kier molecular flexibility index (Phi) is 6.07. The Hall–Kier alpha value is -2.69. The Morgan fingerprint density at radius 2 is 2.08 bits per heavy atom. The fourth-order valence-corrected chi connectivity index (χ4v) is 2.26. The number of benzene rings is 1. The van der Waals surface area contributed by atoms with Gasteiger partial charge in [0.1, 0.15) is 11.5 Å². The fourth-order valence-electron chi connectivity index (χ4n) is 2.26. The second-order valence-corrected chi connectivity index (χ2v) is 5.36. The maximum Gasteiger partial charge on any atom is 0.244 e. The quantitative estimate of drug-likeness (QED) is 0.783. The molecule has 0 saturated heterocycles. The molecule has 1 aromatic carbocycles. The van der Waals surface area contributed by atoms with E-state index in [1.807, 2.05) is 51.1 Å². The predicted octanol–water partition coefficient (Wildman–Crippen LogP) is 3.89. The normalized spacial score (nSPS) is 12.2. The number of carbonyl (C=O) groups excluding carboxylic acids is 1. The number of nitrogens with one attached hydrogen (secondary N) is 1. The zero-order valence-electron chi connectivity index (χ0n) is 14.5. The van der Waals surface area contributed by atoms with Gasteiger partial charge in [0.25, 0.3) is 0 Å². The molecule has 1 atom stereocenters. The van der Waals surface area contributed by atoms with Gasteiger partial charge in [0, 0.05) is 6.08 Å². The van der Waals surface area contributed by atoms with Crippen LogP contribution in [0.4, 0.5) is 0 Å². The largest absolute Gasteiger partial charge is 0.493 e. The summed E-state index contributed by atoms with van der Waals surface area (Å²) in [6.45, 7) is 6.21. The summed E-state index contributed by atoms with van der Waals surface area (Å²) in [4.78, 5) is 12.0. The molecule has 0 aliphatic rings. The summed E-state index contributed by atoms with van der Waals surface area (Å²) in [5.41, 5.74) is 0.857. The van der Waals surface area contributed by atoms with Crippen molar-refractivity contribution in [1.29, 1.82) is 0 Å².